The number of rotatable bonds is 6. The van der Waals surface area contributed by atoms with Crippen molar-refractivity contribution in [2.45, 2.75) is 24.8 Å². The molecule has 0 aliphatic rings. The summed E-state index contributed by atoms with van der Waals surface area (Å²) >= 11 is 0. The van der Waals surface area contributed by atoms with E-state index in [-0.39, 0.29) is 16.3 Å². The van der Waals surface area contributed by atoms with Crippen molar-refractivity contribution in [2.24, 2.45) is 0 Å². The molecule has 0 fully saturated rings. The van der Waals surface area contributed by atoms with E-state index in [4.69, 9.17) is 9.26 Å². The molecule has 1 heterocycles. The van der Waals surface area contributed by atoms with Crippen LogP contribution in [0.3, 0.4) is 0 Å². The molecule has 10 heteroatoms. The quantitative estimate of drug-likeness (QED) is 0.752. The Bertz CT molecular complexity index is 902. The molecule has 0 saturated heterocycles. The molecule has 1 aromatic carbocycles. The number of carbonyl (C=O) groups excluding carboxylic acids is 2. The highest BCUT2D eigenvalue weighted by molar-refractivity contribution is 7.89. The first-order valence-corrected chi connectivity index (χ1v) is 9.03. The molecule has 0 spiro atoms. The molecule has 26 heavy (non-hydrogen) atoms. The number of nitrogens with zero attached hydrogens (tertiary/aromatic N) is 2. The lowest BCUT2D eigenvalue weighted by atomic mass is 10.2. The van der Waals surface area contributed by atoms with Gasteiger partial charge >= 0.3 is 5.97 Å². The second-order valence-corrected chi connectivity index (χ2v) is 7.82. The molecule has 1 N–H and O–H groups in total. The molecule has 0 radical (unpaired) electrons. The molecule has 2 rings (SSSR count). The summed E-state index contributed by atoms with van der Waals surface area (Å²) < 4.78 is 35.0. The summed E-state index contributed by atoms with van der Waals surface area (Å²) in [7, 11) is -0.765. The average Bonchev–Trinajstić information content (AvgIpc) is 2.99. The first-order chi connectivity index (χ1) is 12.1. The van der Waals surface area contributed by atoms with Gasteiger partial charge in [0, 0.05) is 20.2 Å². The van der Waals surface area contributed by atoms with E-state index in [1.807, 2.05) is 0 Å². The number of hydrogen-bond acceptors (Lipinski definition) is 7. The maximum Gasteiger partial charge on any atom is 0.338 e. The first kappa shape index (κ1) is 19.6. The zero-order valence-electron chi connectivity index (χ0n) is 14.7. The third kappa shape index (κ3) is 4.46. The van der Waals surface area contributed by atoms with Gasteiger partial charge in [-0.3, -0.25) is 4.79 Å². The molecule has 1 amide bonds. The predicted octanol–water partition coefficient (Wildman–Crippen LogP) is 1.42. The predicted molar refractivity (Wildman–Crippen MR) is 92.1 cm³/mol. The van der Waals surface area contributed by atoms with E-state index in [0.717, 1.165) is 4.31 Å². The third-order valence-corrected chi connectivity index (χ3v) is 5.23. The van der Waals surface area contributed by atoms with E-state index in [9.17, 15) is 18.0 Å². The van der Waals surface area contributed by atoms with Gasteiger partial charge in [-0.2, -0.15) is 0 Å². The number of esters is 1. The minimum Gasteiger partial charge on any atom is -0.449 e. The number of amides is 1. The molecule has 0 aliphatic heterocycles. The number of nitrogens with one attached hydrogen (secondary N) is 1. The molecule has 1 atom stereocenters. The first-order valence-electron chi connectivity index (χ1n) is 7.59. The maximum absolute atomic E-state index is 12.1. The summed E-state index contributed by atoms with van der Waals surface area (Å²) in [6, 6.07) is 6.77. The lowest BCUT2D eigenvalue weighted by molar-refractivity contribution is -0.123. The highest BCUT2D eigenvalue weighted by atomic mass is 32.2. The number of aryl methyl sites for hydroxylation is 1. The molecule has 0 unspecified atom stereocenters. The summed E-state index contributed by atoms with van der Waals surface area (Å²) in [6.45, 7) is 3.08. The highest BCUT2D eigenvalue weighted by Crippen LogP contribution is 2.15. The number of hydrogen-bond donors (Lipinski definition) is 1. The molecule has 140 valence electrons. The fourth-order valence-corrected chi connectivity index (χ4v) is 2.81. The Morgan fingerprint density at radius 1 is 1.23 bits per heavy atom. The van der Waals surface area contributed by atoms with E-state index < -0.39 is 28.0 Å². The van der Waals surface area contributed by atoms with Crippen molar-refractivity contribution in [3.63, 3.8) is 0 Å². The van der Waals surface area contributed by atoms with Gasteiger partial charge in [-0.1, -0.05) is 5.16 Å². The zero-order chi connectivity index (χ0) is 19.5. The third-order valence-electron chi connectivity index (χ3n) is 3.40. The molecule has 9 nitrogen and oxygen atoms in total. The van der Waals surface area contributed by atoms with E-state index in [0.29, 0.717) is 5.76 Å². The van der Waals surface area contributed by atoms with Gasteiger partial charge in [-0.25, -0.2) is 17.5 Å². The summed E-state index contributed by atoms with van der Waals surface area (Å²) in [5.41, 5.74) is 0.125. The summed E-state index contributed by atoms with van der Waals surface area (Å²) in [5, 5.41) is 6.07. The van der Waals surface area contributed by atoms with Crippen molar-refractivity contribution in [1.82, 2.24) is 9.46 Å². The molecule has 0 aliphatic carbocycles. The lowest BCUT2D eigenvalue weighted by Gasteiger charge is -2.13. The van der Waals surface area contributed by atoms with E-state index in [1.165, 1.54) is 51.4 Å². The fourth-order valence-electron chi connectivity index (χ4n) is 1.91. The van der Waals surface area contributed by atoms with Crippen LogP contribution >= 0.6 is 0 Å². The molecule has 0 saturated carbocycles. The maximum atomic E-state index is 12.1. The van der Waals surface area contributed by atoms with Crippen molar-refractivity contribution >= 4 is 27.7 Å². The van der Waals surface area contributed by atoms with Crippen LogP contribution in [0.2, 0.25) is 0 Å². The number of sulfonamides is 1. The van der Waals surface area contributed by atoms with Gasteiger partial charge in [0.05, 0.1) is 10.5 Å². The second-order valence-electron chi connectivity index (χ2n) is 5.67. The van der Waals surface area contributed by atoms with Crippen LogP contribution in [-0.2, 0) is 19.6 Å². The van der Waals surface area contributed by atoms with Gasteiger partial charge in [-0.05, 0) is 38.1 Å². The standard InChI is InChI=1S/C16H19N3O6S/c1-10-9-14(18-25-10)17-15(20)11(2)24-16(21)12-5-7-13(8-6-12)26(22,23)19(3)4/h5-9,11H,1-4H3,(H,17,18,20)/t11-/m1/s1. The molecule has 1 aromatic heterocycles. The minimum atomic E-state index is -3.59. The number of ether oxygens (including phenoxy) is 1. The van der Waals surface area contributed by atoms with Crippen LogP contribution in [0.5, 0.6) is 0 Å². The highest BCUT2D eigenvalue weighted by Gasteiger charge is 2.21. The Kier molecular flexibility index (Phi) is 5.78. The minimum absolute atomic E-state index is 0.0474. The van der Waals surface area contributed by atoms with Crippen molar-refractivity contribution in [3.05, 3.63) is 41.7 Å². The van der Waals surface area contributed by atoms with Crippen molar-refractivity contribution < 1.29 is 27.3 Å². The smallest absolute Gasteiger partial charge is 0.338 e. The van der Waals surface area contributed by atoms with Crippen LogP contribution in [0.25, 0.3) is 0 Å². The van der Waals surface area contributed by atoms with Crippen LogP contribution in [0.4, 0.5) is 5.82 Å². The van der Waals surface area contributed by atoms with Crippen LogP contribution < -0.4 is 5.32 Å². The monoisotopic (exact) mass is 381 g/mol. The Labute approximate surface area is 151 Å². The van der Waals surface area contributed by atoms with Crippen molar-refractivity contribution in [1.29, 1.82) is 0 Å². The summed E-state index contributed by atoms with van der Waals surface area (Å²) in [4.78, 5) is 24.2. The number of aromatic nitrogens is 1. The summed E-state index contributed by atoms with van der Waals surface area (Å²) in [5.74, 6) is -0.581. The molecule has 0 bridgehead atoms. The Hall–Kier alpha value is -2.72. The molecule has 2 aromatic rings. The number of carbonyl (C=O) groups is 2. The van der Waals surface area contributed by atoms with Gasteiger partial charge < -0.3 is 14.6 Å². The Balaban J connectivity index is 2.01. The normalized spacial score (nSPS) is 12.7. The lowest BCUT2D eigenvalue weighted by Crippen LogP contribution is -2.30. The van der Waals surface area contributed by atoms with Gasteiger partial charge in [0.25, 0.3) is 5.91 Å². The van der Waals surface area contributed by atoms with Gasteiger partial charge in [0.15, 0.2) is 11.9 Å². The van der Waals surface area contributed by atoms with Crippen LogP contribution in [0.15, 0.2) is 39.8 Å². The topological polar surface area (TPSA) is 119 Å². The van der Waals surface area contributed by atoms with E-state index >= 15 is 0 Å². The van der Waals surface area contributed by atoms with Crippen LogP contribution in [0, 0.1) is 6.92 Å². The second kappa shape index (κ2) is 7.67. The van der Waals surface area contributed by atoms with Gasteiger partial charge in [-0.15, -0.1) is 0 Å². The van der Waals surface area contributed by atoms with Gasteiger partial charge in [0.1, 0.15) is 5.76 Å². The zero-order valence-corrected chi connectivity index (χ0v) is 15.5. The molecular weight excluding hydrogens is 362 g/mol. The average molecular weight is 381 g/mol. The SMILES string of the molecule is Cc1cc(NC(=O)[C@@H](C)OC(=O)c2ccc(S(=O)(=O)N(C)C)cc2)no1. The largest absolute Gasteiger partial charge is 0.449 e. The Morgan fingerprint density at radius 2 is 1.85 bits per heavy atom. The van der Waals surface area contributed by atoms with Crippen molar-refractivity contribution in [2.75, 3.05) is 19.4 Å². The van der Waals surface area contributed by atoms with Crippen LogP contribution in [0.1, 0.15) is 23.0 Å². The van der Waals surface area contributed by atoms with Gasteiger partial charge in [0.2, 0.25) is 10.0 Å². The van der Waals surface area contributed by atoms with Crippen molar-refractivity contribution in [3.8, 4) is 0 Å². The van der Waals surface area contributed by atoms with E-state index in [2.05, 4.69) is 10.5 Å². The molecular formula is C16H19N3O6S. The number of anilines is 1. The Morgan fingerprint density at radius 3 is 2.35 bits per heavy atom. The summed E-state index contributed by atoms with van der Waals surface area (Å²) in [6.07, 6.45) is -1.08. The van der Waals surface area contributed by atoms with E-state index in [1.54, 1.807) is 6.92 Å². The number of benzene rings is 1. The van der Waals surface area contributed by atoms with Crippen LogP contribution in [-0.4, -0.2) is 50.0 Å². The fraction of sp³-hybridized carbons (Fsp3) is 0.312.